The van der Waals surface area contributed by atoms with Crippen LogP contribution >= 0.6 is 0 Å². The highest BCUT2D eigenvalue weighted by Crippen LogP contribution is 2.31. The number of carbonyl (C=O) groups is 1. The minimum atomic E-state index is -0.0365. The minimum Gasteiger partial charge on any atom is -0.373 e. The van der Waals surface area contributed by atoms with Gasteiger partial charge in [0.2, 0.25) is 17.6 Å². The predicted octanol–water partition coefficient (Wildman–Crippen LogP) is 2.66. The van der Waals surface area contributed by atoms with Gasteiger partial charge >= 0.3 is 0 Å². The van der Waals surface area contributed by atoms with Crippen LogP contribution in [0, 0.1) is 0 Å². The molecule has 1 aromatic carbocycles. The van der Waals surface area contributed by atoms with Gasteiger partial charge < -0.3 is 14.7 Å². The summed E-state index contributed by atoms with van der Waals surface area (Å²) < 4.78 is 5.49. The largest absolute Gasteiger partial charge is 0.373 e. The van der Waals surface area contributed by atoms with Gasteiger partial charge in [0, 0.05) is 37.5 Å². The number of rotatable bonds is 4. The van der Waals surface area contributed by atoms with Crippen molar-refractivity contribution in [2.75, 3.05) is 25.5 Å². The van der Waals surface area contributed by atoms with Gasteiger partial charge in [-0.15, -0.1) is 0 Å². The van der Waals surface area contributed by atoms with Crippen molar-refractivity contribution in [3.8, 4) is 11.4 Å². The average molecular weight is 337 g/mol. The molecule has 128 valence electrons. The molecule has 0 bridgehead atoms. The Balaban J connectivity index is 1.73. The van der Waals surface area contributed by atoms with Crippen LogP contribution in [-0.4, -0.2) is 46.1 Å². The summed E-state index contributed by atoms with van der Waals surface area (Å²) >= 11 is 0. The molecule has 0 spiro atoms. The van der Waals surface area contributed by atoms with Gasteiger partial charge in [-0.2, -0.15) is 4.98 Å². The van der Waals surface area contributed by atoms with E-state index in [1.807, 2.05) is 49.2 Å². The van der Waals surface area contributed by atoms with Gasteiger partial charge in [-0.25, -0.2) is 4.98 Å². The van der Waals surface area contributed by atoms with Crippen LogP contribution in [0.3, 0.4) is 0 Å². The van der Waals surface area contributed by atoms with Crippen molar-refractivity contribution in [2.24, 2.45) is 0 Å². The fourth-order valence-corrected chi connectivity index (χ4v) is 3.24. The minimum absolute atomic E-state index is 0.0365. The van der Waals surface area contributed by atoms with Gasteiger partial charge in [-0.05, 0) is 19.1 Å². The van der Waals surface area contributed by atoms with Crippen LogP contribution in [0.5, 0.6) is 0 Å². The van der Waals surface area contributed by atoms with Crippen LogP contribution < -0.4 is 5.32 Å². The Bertz CT molecular complexity index is 936. The third-order valence-electron chi connectivity index (χ3n) is 4.60. The molecule has 7 nitrogen and oxygen atoms in total. The monoisotopic (exact) mass is 337 g/mol. The molecule has 4 rings (SSSR count). The first-order valence-electron chi connectivity index (χ1n) is 8.39. The highest BCUT2D eigenvalue weighted by Gasteiger charge is 2.33. The van der Waals surface area contributed by atoms with Gasteiger partial charge in [0.05, 0.1) is 11.4 Å². The molecule has 1 N–H and O–H groups in total. The van der Waals surface area contributed by atoms with E-state index in [1.165, 1.54) is 0 Å². The van der Waals surface area contributed by atoms with E-state index < -0.39 is 0 Å². The SMILES string of the molecule is CCN1CC(c2nc(-c3cc(NC)nc4ccccc34)no2)CC1=O. The molecule has 0 radical (unpaired) electrons. The molecule has 3 aromatic rings. The number of likely N-dealkylation sites (N-methyl/N-ethyl adjacent to an activating group) is 1. The van der Waals surface area contributed by atoms with E-state index in [2.05, 4.69) is 20.4 Å². The third kappa shape index (κ3) is 2.71. The maximum absolute atomic E-state index is 11.9. The van der Waals surface area contributed by atoms with Gasteiger partial charge in [0.1, 0.15) is 5.82 Å². The molecule has 7 heteroatoms. The van der Waals surface area contributed by atoms with Crippen molar-refractivity contribution in [3.63, 3.8) is 0 Å². The zero-order chi connectivity index (χ0) is 17.4. The summed E-state index contributed by atoms with van der Waals surface area (Å²) in [6.07, 6.45) is 0.425. The highest BCUT2D eigenvalue weighted by molar-refractivity contribution is 5.94. The Labute approximate surface area is 145 Å². The van der Waals surface area contributed by atoms with Gasteiger partial charge in [-0.1, -0.05) is 23.4 Å². The smallest absolute Gasteiger partial charge is 0.232 e. The van der Waals surface area contributed by atoms with Crippen molar-refractivity contribution in [3.05, 3.63) is 36.2 Å². The third-order valence-corrected chi connectivity index (χ3v) is 4.60. The molecule has 2 aromatic heterocycles. The second kappa shape index (κ2) is 6.16. The Kier molecular flexibility index (Phi) is 3.83. The van der Waals surface area contributed by atoms with Gasteiger partial charge in [0.15, 0.2) is 0 Å². The number of likely N-dealkylation sites (tertiary alicyclic amines) is 1. The van der Waals surface area contributed by atoms with Crippen molar-refractivity contribution in [2.45, 2.75) is 19.3 Å². The summed E-state index contributed by atoms with van der Waals surface area (Å²) in [6.45, 7) is 3.31. The fourth-order valence-electron chi connectivity index (χ4n) is 3.24. The number of carbonyl (C=O) groups excluding carboxylic acids is 1. The van der Waals surface area contributed by atoms with E-state index in [-0.39, 0.29) is 11.8 Å². The average Bonchev–Trinajstić information content (AvgIpc) is 3.27. The number of fused-ring (bicyclic) bond motifs is 1. The fraction of sp³-hybridized carbons (Fsp3) is 0.333. The molecular weight excluding hydrogens is 318 g/mol. The molecule has 0 aliphatic carbocycles. The first-order valence-corrected chi connectivity index (χ1v) is 8.39. The lowest BCUT2D eigenvalue weighted by molar-refractivity contribution is -0.127. The van der Waals surface area contributed by atoms with Gasteiger partial charge in [0.25, 0.3) is 0 Å². The summed E-state index contributed by atoms with van der Waals surface area (Å²) in [4.78, 5) is 22.9. The van der Waals surface area contributed by atoms with Crippen LogP contribution in [0.2, 0.25) is 0 Å². The van der Waals surface area contributed by atoms with Crippen LogP contribution in [0.1, 0.15) is 25.2 Å². The number of pyridine rings is 1. The number of benzene rings is 1. The normalized spacial score (nSPS) is 17.4. The molecule has 1 saturated heterocycles. The number of aromatic nitrogens is 3. The van der Waals surface area contributed by atoms with E-state index in [4.69, 9.17) is 4.52 Å². The highest BCUT2D eigenvalue weighted by atomic mass is 16.5. The van der Waals surface area contributed by atoms with E-state index in [0.717, 1.165) is 22.3 Å². The molecule has 1 aliphatic rings. The predicted molar refractivity (Wildman–Crippen MR) is 94.2 cm³/mol. The summed E-state index contributed by atoms with van der Waals surface area (Å²) in [5.41, 5.74) is 1.73. The van der Waals surface area contributed by atoms with Crippen LogP contribution in [-0.2, 0) is 4.79 Å². The molecule has 0 saturated carbocycles. The number of hydrogen-bond donors (Lipinski definition) is 1. The van der Waals surface area contributed by atoms with Crippen molar-refractivity contribution in [1.29, 1.82) is 0 Å². The molecule has 1 fully saturated rings. The number of hydrogen-bond acceptors (Lipinski definition) is 6. The number of nitrogens with one attached hydrogen (secondary N) is 1. The number of para-hydroxylation sites is 1. The molecular formula is C18H19N5O2. The van der Waals surface area contributed by atoms with Crippen LogP contribution in [0.4, 0.5) is 5.82 Å². The maximum Gasteiger partial charge on any atom is 0.232 e. The lowest BCUT2D eigenvalue weighted by Gasteiger charge is -2.11. The number of nitrogens with zero attached hydrogens (tertiary/aromatic N) is 4. The molecule has 1 unspecified atom stereocenters. The summed E-state index contributed by atoms with van der Waals surface area (Å²) in [7, 11) is 1.83. The first kappa shape index (κ1) is 15.6. The first-order chi connectivity index (χ1) is 12.2. The van der Waals surface area contributed by atoms with Gasteiger partial charge in [-0.3, -0.25) is 4.79 Å². The van der Waals surface area contributed by atoms with E-state index in [1.54, 1.807) is 0 Å². The van der Waals surface area contributed by atoms with Crippen molar-refractivity contribution in [1.82, 2.24) is 20.0 Å². The maximum atomic E-state index is 11.9. The van der Waals surface area contributed by atoms with Crippen LogP contribution in [0.15, 0.2) is 34.9 Å². The summed E-state index contributed by atoms with van der Waals surface area (Å²) in [5.74, 6) is 1.89. The Morgan fingerprint density at radius 1 is 1.32 bits per heavy atom. The standard InChI is InChI=1S/C18H19N5O2/c1-3-23-10-11(8-16(23)24)18-21-17(22-25-18)13-9-15(19-2)20-14-7-5-4-6-12(13)14/h4-7,9,11H,3,8,10H2,1-2H3,(H,19,20). The number of anilines is 1. The zero-order valence-corrected chi connectivity index (χ0v) is 14.2. The quantitative estimate of drug-likeness (QED) is 0.788. The Hall–Kier alpha value is -2.96. The summed E-state index contributed by atoms with van der Waals surface area (Å²) in [6, 6.07) is 9.77. The number of amides is 1. The van der Waals surface area contributed by atoms with Crippen molar-refractivity contribution < 1.29 is 9.32 Å². The lowest BCUT2D eigenvalue weighted by Crippen LogP contribution is -2.24. The molecule has 25 heavy (non-hydrogen) atoms. The van der Waals surface area contributed by atoms with Crippen molar-refractivity contribution >= 4 is 22.6 Å². The van der Waals surface area contributed by atoms with E-state index in [9.17, 15) is 4.79 Å². The van der Waals surface area contributed by atoms with Crippen LogP contribution in [0.25, 0.3) is 22.3 Å². The molecule has 1 amide bonds. The Morgan fingerprint density at radius 3 is 2.92 bits per heavy atom. The Morgan fingerprint density at radius 2 is 2.16 bits per heavy atom. The van der Waals surface area contributed by atoms with E-state index >= 15 is 0 Å². The topological polar surface area (TPSA) is 84.2 Å². The molecule has 1 aliphatic heterocycles. The molecule has 3 heterocycles. The second-order valence-corrected chi connectivity index (χ2v) is 6.11. The van der Waals surface area contributed by atoms with E-state index in [0.29, 0.717) is 31.2 Å². The summed E-state index contributed by atoms with van der Waals surface area (Å²) in [5, 5.41) is 8.19. The second-order valence-electron chi connectivity index (χ2n) is 6.11. The lowest BCUT2D eigenvalue weighted by atomic mass is 10.1. The zero-order valence-electron chi connectivity index (χ0n) is 14.2. The molecule has 1 atom stereocenters.